The van der Waals surface area contributed by atoms with Crippen molar-refractivity contribution in [3.05, 3.63) is 54.1 Å². The smallest absolute Gasteiger partial charge is 0.243 e. The van der Waals surface area contributed by atoms with Gasteiger partial charge in [0, 0.05) is 23.5 Å². The van der Waals surface area contributed by atoms with Crippen LogP contribution >= 0.6 is 0 Å². The van der Waals surface area contributed by atoms with E-state index in [-0.39, 0.29) is 5.91 Å². The van der Waals surface area contributed by atoms with Gasteiger partial charge in [-0.2, -0.15) is 0 Å². The van der Waals surface area contributed by atoms with Gasteiger partial charge in [-0.15, -0.1) is 0 Å². The highest BCUT2D eigenvalue weighted by Crippen LogP contribution is 2.31. The van der Waals surface area contributed by atoms with Crippen LogP contribution in [0.5, 0.6) is 5.75 Å². The van der Waals surface area contributed by atoms with Crippen LogP contribution in [0.25, 0.3) is 0 Å². The second-order valence-corrected chi connectivity index (χ2v) is 5.59. The maximum Gasteiger partial charge on any atom is 0.243 e. The summed E-state index contributed by atoms with van der Waals surface area (Å²) in [7, 11) is 1.61. The molecule has 1 aliphatic heterocycles. The SMILES string of the molecule is COc1cccc(NC(=O)CN2c3ccccc3C[C@@H]2C)c1. The van der Waals surface area contributed by atoms with E-state index in [1.165, 1.54) is 5.56 Å². The number of rotatable bonds is 4. The lowest BCUT2D eigenvalue weighted by molar-refractivity contribution is -0.115. The Morgan fingerprint density at radius 1 is 1.27 bits per heavy atom. The van der Waals surface area contributed by atoms with Crippen LogP contribution in [0, 0.1) is 0 Å². The summed E-state index contributed by atoms with van der Waals surface area (Å²) in [6.45, 7) is 2.51. The van der Waals surface area contributed by atoms with E-state index in [1.807, 2.05) is 36.4 Å². The van der Waals surface area contributed by atoms with Crippen molar-refractivity contribution in [1.82, 2.24) is 0 Å². The van der Waals surface area contributed by atoms with E-state index < -0.39 is 0 Å². The quantitative estimate of drug-likeness (QED) is 0.942. The third-order valence-electron chi connectivity index (χ3n) is 4.02. The van der Waals surface area contributed by atoms with Gasteiger partial charge in [0.1, 0.15) is 5.75 Å². The fourth-order valence-electron chi connectivity index (χ4n) is 2.93. The van der Waals surface area contributed by atoms with Crippen molar-refractivity contribution in [1.29, 1.82) is 0 Å². The van der Waals surface area contributed by atoms with Crippen molar-refractivity contribution < 1.29 is 9.53 Å². The molecule has 0 unspecified atom stereocenters. The summed E-state index contributed by atoms with van der Waals surface area (Å²) in [5, 5.41) is 2.93. The molecule has 22 heavy (non-hydrogen) atoms. The third kappa shape index (κ3) is 2.91. The first-order valence-electron chi connectivity index (χ1n) is 7.46. The molecule has 0 bridgehead atoms. The molecule has 1 aliphatic rings. The molecule has 114 valence electrons. The lowest BCUT2D eigenvalue weighted by Crippen LogP contribution is -2.37. The molecule has 4 heteroatoms. The number of nitrogens with one attached hydrogen (secondary N) is 1. The number of nitrogens with zero attached hydrogens (tertiary/aromatic N) is 1. The Kier molecular flexibility index (Phi) is 4.00. The van der Waals surface area contributed by atoms with Gasteiger partial charge in [0.05, 0.1) is 13.7 Å². The fourth-order valence-corrected chi connectivity index (χ4v) is 2.93. The minimum absolute atomic E-state index is 0.0168. The molecule has 0 radical (unpaired) electrons. The highest BCUT2D eigenvalue weighted by atomic mass is 16.5. The van der Waals surface area contributed by atoms with Gasteiger partial charge in [-0.1, -0.05) is 24.3 Å². The topological polar surface area (TPSA) is 41.6 Å². The van der Waals surface area contributed by atoms with Crippen LogP contribution in [0.2, 0.25) is 0 Å². The Balaban J connectivity index is 1.69. The number of anilines is 2. The molecule has 0 spiro atoms. The first kappa shape index (κ1) is 14.4. The van der Waals surface area contributed by atoms with E-state index in [2.05, 4.69) is 29.3 Å². The van der Waals surface area contributed by atoms with Crippen molar-refractivity contribution in [3.63, 3.8) is 0 Å². The molecule has 0 aromatic heterocycles. The fraction of sp³-hybridized carbons (Fsp3) is 0.278. The molecular formula is C18H20N2O2. The molecule has 1 atom stereocenters. The van der Waals surface area contributed by atoms with Crippen molar-refractivity contribution >= 4 is 17.3 Å². The summed E-state index contributed by atoms with van der Waals surface area (Å²) in [6, 6.07) is 16.0. The molecule has 2 aromatic carbocycles. The summed E-state index contributed by atoms with van der Waals surface area (Å²) < 4.78 is 5.17. The van der Waals surface area contributed by atoms with Crippen molar-refractivity contribution in [2.45, 2.75) is 19.4 Å². The molecular weight excluding hydrogens is 276 g/mol. The van der Waals surface area contributed by atoms with Gasteiger partial charge in [-0.25, -0.2) is 0 Å². The van der Waals surface area contributed by atoms with Crippen LogP contribution in [0.4, 0.5) is 11.4 Å². The Morgan fingerprint density at radius 2 is 2.09 bits per heavy atom. The van der Waals surface area contributed by atoms with Crippen molar-refractivity contribution in [2.24, 2.45) is 0 Å². The van der Waals surface area contributed by atoms with Crippen LogP contribution < -0.4 is 15.0 Å². The van der Waals surface area contributed by atoms with Gasteiger partial charge >= 0.3 is 0 Å². The van der Waals surface area contributed by atoms with Crippen LogP contribution in [-0.2, 0) is 11.2 Å². The Bertz CT molecular complexity index is 684. The average molecular weight is 296 g/mol. The monoisotopic (exact) mass is 296 g/mol. The standard InChI is InChI=1S/C18H20N2O2/c1-13-10-14-6-3-4-9-17(14)20(13)12-18(21)19-15-7-5-8-16(11-15)22-2/h3-9,11,13H,10,12H2,1-2H3,(H,19,21)/t13-/m0/s1. The van der Waals surface area contributed by atoms with E-state index in [1.54, 1.807) is 7.11 Å². The summed E-state index contributed by atoms with van der Waals surface area (Å²) in [4.78, 5) is 14.5. The van der Waals surface area contributed by atoms with Crippen LogP contribution in [0.15, 0.2) is 48.5 Å². The number of fused-ring (bicyclic) bond motifs is 1. The number of hydrogen-bond acceptors (Lipinski definition) is 3. The van der Waals surface area contributed by atoms with Gasteiger partial charge in [-0.05, 0) is 37.1 Å². The minimum atomic E-state index is -0.0168. The van der Waals surface area contributed by atoms with Crippen LogP contribution in [-0.4, -0.2) is 25.6 Å². The summed E-state index contributed by atoms with van der Waals surface area (Å²) >= 11 is 0. The largest absolute Gasteiger partial charge is 0.497 e. The van der Waals surface area contributed by atoms with E-state index >= 15 is 0 Å². The Morgan fingerprint density at radius 3 is 2.91 bits per heavy atom. The third-order valence-corrected chi connectivity index (χ3v) is 4.02. The van der Waals surface area contributed by atoms with Gasteiger partial charge in [-0.3, -0.25) is 4.79 Å². The molecule has 3 rings (SSSR count). The zero-order valence-corrected chi connectivity index (χ0v) is 12.9. The molecule has 0 fully saturated rings. The van der Waals surface area contributed by atoms with E-state index in [0.717, 1.165) is 23.5 Å². The van der Waals surface area contributed by atoms with Crippen molar-refractivity contribution in [3.8, 4) is 5.75 Å². The first-order chi connectivity index (χ1) is 10.7. The molecule has 0 saturated carbocycles. The number of ether oxygens (including phenoxy) is 1. The van der Waals surface area contributed by atoms with E-state index in [9.17, 15) is 4.79 Å². The van der Waals surface area contributed by atoms with Crippen molar-refractivity contribution in [2.75, 3.05) is 23.9 Å². The Labute approximate surface area is 130 Å². The summed E-state index contributed by atoms with van der Waals surface area (Å²) in [5.41, 5.74) is 3.23. The number of amides is 1. The zero-order chi connectivity index (χ0) is 15.5. The van der Waals surface area contributed by atoms with E-state index in [4.69, 9.17) is 4.74 Å². The predicted molar refractivity (Wildman–Crippen MR) is 88.6 cm³/mol. The van der Waals surface area contributed by atoms with Gasteiger partial charge < -0.3 is 15.0 Å². The maximum absolute atomic E-state index is 12.3. The van der Waals surface area contributed by atoms with Crippen LogP contribution in [0.3, 0.4) is 0 Å². The summed E-state index contributed by atoms with van der Waals surface area (Å²) in [6.07, 6.45) is 0.989. The molecule has 2 aromatic rings. The molecule has 4 nitrogen and oxygen atoms in total. The molecule has 1 N–H and O–H groups in total. The van der Waals surface area contributed by atoms with Crippen LogP contribution in [0.1, 0.15) is 12.5 Å². The summed E-state index contributed by atoms with van der Waals surface area (Å²) in [5.74, 6) is 0.717. The highest BCUT2D eigenvalue weighted by Gasteiger charge is 2.26. The number of carbonyl (C=O) groups is 1. The predicted octanol–water partition coefficient (Wildman–Crippen LogP) is 3.08. The number of carbonyl (C=O) groups excluding carboxylic acids is 1. The normalized spacial score (nSPS) is 16.3. The van der Waals surface area contributed by atoms with Gasteiger partial charge in [0.25, 0.3) is 0 Å². The molecule has 1 heterocycles. The maximum atomic E-state index is 12.3. The molecule has 0 aliphatic carbocycles. The Hall–Kier alpha value is -2.49. The zero-order valence-electron chi connectivity index (χ0n) is 12.9. The molecule has 0 saturated heterocycles. The second kappa shape index (κ2) is 6.10. The number of methoxy groups -OCH3 is 1. The first-order valence-corrected chi connectivity index (χ1v) is 7.46. The van der Waals surface area contributed by atoms with Gasteiger partial charge in [0.15, 0.2) is 0 Å². The lowest BCUT2D eigenvalue weighted by atomic mass is 10.1. The molecule has 1 amide bonds. The highest BCUT2D eigenvalue weighted by molar-refractivity contribution is 5.94. The van der Waals surface area contributed by atoms with E-state index in [0.29, 0.717) is 12.6 Å². The second-order valence-electron chi connectivity index (χ2n) is 5.59. The number of para-hydroxylation sites is 1. The van der Waals surface area contributed by atoms with Gasteiger partial charge in [0.2, 0.25) is 5.91 Å². The number of hydrogen-bond donors (Lipinski definition) is 1. The minimum Gasteiger partial charge on any atom is -0.497 e. The lowest BCUT2D eigenvalue weighted by Gasteiger charge is -2.24. The number of benzene rings is 2. The average Bonchev–Trinajstić information content (AvgIpc) is 2.83.